The van der Waals surface area contributed by atoms with Gasteiger partial charge in [0.25, 0.3) is 11.7 Å². The molecule has 0 radical (unpaired) electrons. The first-order valence-electron chi connectivity index (χ1n) is 10.9. The van der Waals surface area contributed by atoms with Crippen LogP contribution in [-0.2, 0) is 9.59 Å². The lowest BCUT2D eigenvalue weighted by Gasteiger charge is -2.26. The van der Waals surface area contributed by atoms with E-state index in [-0.39, 0.29) is 17.4 Å². The Bertz CT molecular complexity index is 1260. The van der Waals surface area contributed by atoms with E-state index in [1.807, 2.05) is 70.3 Å². The molecule has 1 N–H and O–H groups in total. The Morgan fingerprint density at radius 3 is 2.42 bits per heavy atom. The summed E-state index contributed by atoms with van der Waals surface area (Å²) in [5.74, 6) is -0.793. The number of amides is 1. The highest BCUT2D eigenvalue weighted by Gasteiger charge is 2.47. The Hall–Kier alpha value is -3.38. The molecule has 1 atom stereocenters. The minimum absolute atomic E-state index is 0.0184. The van der Waals surface area contributed by atoms with Crippen LogP contribution in [0.5, 0.6) is 5.75 Å². The zero-order valence-corrected chi connectivity index (χ0v) is 20.2. The van der Waals surface area contributed by atoms with Crippen LogP contribution >= 0.6 is 11.3 Å². The lowest BCUT2D eigenvalue weighted by molar-refractivity contribution is -0.132. The van der Waals surface area contributed by atoms with Crippen LogP contribution in [0, 0.1) is 20.8 Å². The molecule has 3 aromatic rings. The number of carbonyl (C=O) groups excluding carboxylic acids is 2. The van der Waals surface area contributed by atoms with Gasteiger partial charge in [0.2, 0.25) is 0 Å². The van der Waals surface area contributed by atoms with Crippen molar-refractivity contribution in [1.29, 1.82) is 0 Å². The first kappa shape index (κ1) is 22.8. The highest BCUT2D eigenvalue weighted by molar-refractivity contribution is 7.10. The predicted octanol–water partition coefficient (Wildman–Crippen LogP) is 6.09. The van der Waals surface area contributed by atoms with E-state index in [0.29, 0.717) is 17.0 Å². The molecule has 0 bridgehead atoms. The third-order valence-corrected chi connectivity index (χ3v) is 6.83. The molecule has 6 heteroatoms. The van der Waals surface area contributed by atoms with Gasteiger partial charge in [0.1, 0.15) is 17.6 Å². The third kappa shape index (κ3) is 4.07. The van der Waals surface area contributed by atoms with Gasteiger partial charge in [-0.3, -0.25) is 14.5 Å². The molecule has 1 aliphatic rings. The summed E-state index contributed by atoms with van der Waals surface area (Å²) in [6.45, 7) is 9.69. The highest BCUT2D eigenvalue weighted by atomic mass is 32.1. The molecule has 1 unspecified atom stereocenters. The molecule has 1 aliphatic heterocycles. The van der Waals surface area contributed by atoms with Crippen LogP contribution in [0.1, 0.15) is 47.0 Å². The number of aryl methyl sites for hydroxylation is 2. The van der Waals surface area contributed by atoms with Gasteiger partial charge in [-0.2, -0.15) is 0 Å². The second-order valence-corrected chi connectivity index (χ2v) is 9.53. The number of hydrogen-bond acceptors (Lipinski definition) is 5. The smallest absolute Gasteiger partial charge is 0.300 e. The Morgan fingerprint density at radius 2 is 1.79 bits per heavy atom. The SMILES string of the molecule is Cc1cc(/C(O)=C2/C(=O)C(=O)N(c3cccc(C)c3C)C2c2cccs2)ccc1OC(C)C. The van der Waals surface area contributed by atoms with Crippen molar-refractivity contribution in [3.63, 3.8) is 0 Å². The van der Waals surface area contributed by atoms with Crippen molar-refractivity contribution in [2.75, 3.05) is 4.90 Å². The van der Waals surface area contributed by atoms with E-state index in [2.05, 4.69) is 0 Å². The largest absolute Gasteiger partial charge is 0.507 e. The van der Waals surface area contributed by atoms with Crippen molar-refractivity contribution in [3.05, 3.63) is 86.6 Å². The Labute approximate surface area is 197 Å². The number of aliphatic hydroxyl groups excluding tert-OH is 1. The van der Waals surface area contributed by atoms with Crippen molar-refractivity contribution in [1.82, 2.24) is 0 Å². The van der Waals surface area contributed by atoms with E-state index in [1.165, 1.54) is 16.2 Å². The number of carbonyl (C=O) groups is 2. The van der Waals surface area contributed by atoms with Crippen molar-refractivity contribution >= 4 is 34.5 Å². The van der Waals surface area contributed by atoms with Gasteiger partial charge in [-0.05, 0) is 87.0 Å². The summed E-state index contributed by atoms with van der Waals surface area (Å²) in [6.07, 6.45) is 0.0184. The zero-order chi connectivity index (χ0) is 23.9. The van der Waals surface area contributed by atoms with Gasteiger partial charge < -0.3 is 9.84 Å². The molecule has 1 amide bonds. The summed E-state index contributed by atoms with van der Waals surface area (Å²) >= 11 is 1.45. The second kappa shape index (κ2) is 8.87. The van der Waals surface area contributed by atoms with Crippen LogP contribution in [0.2, 0.25) is 0 Å². The van der Waals surface area contributed by atoms with Crippen molar-refractivity contribution in [2.45, 2.75) is 46.8 Å². The van der Waals surface area contributed by atoms with E-state index in [9.17, 15) is 14.7 Å². The Balaban J connectivity index is 1.89. The molecule has 170 valence electrons. The summed E-state index contributed by atoms with van der Waals surface area (Å²) in [4.78, 5) is 28.9. The molecule has 1 aromatic heterocycles. The number of rotatable bonds is 5. The lowest BCUT2D eigenvalue weighted by Crippen LogP contribution is -2.29. The van der Waals surface area contributed by atoms with E-state index >= 15 is 0 Å². The van der Waals surface area contributed by atoms with Gasteiger partial charge >= 0.3 is 0 Å². The zero-order valence-electron chi connectivity index (χ0n) is 19.4. The number of aliphatic hydroxyl groups is 1. The van der Waals surface area contributed by atoms with Gasteiger partial charge in [0, 0.05) is 16.1 Å². The number of hydrogen-bond donors (Lipinski definition) is 1. The van der Waals surface area contributed by atoms with E-state index < -0.39 is 17.7 Å². The average Bonchev–Trinajstić information content (AvgIpc) is 3.38. The molecular weight excluding hydrogens is 434 g/mol. The molecule has 4 rings (SSSR count). The summed E-state index contributed by atoms with van der Waals surface area (Å²) in [5.41, 5.74) is 4.03. The van der Waals surface area contributed by atoms with E-state index in [1.54, 1.807) is 18.2 Å². The van der Waals surface area contributed by atoms with Gasteiger partial charge in [0.05, 0.1) is 11.7 Å². The number of anilines is 1. The molecule has 2 aromatic carbocycles. The maximum absolute atomic E-state index is 13.3. The Morgan fingerprint density at radius 1 is 1.03 bits per heavy atom. The molecule has 1 fully saturated rings. The number of ketones is 1. The van der Waals surface area contributed by atoms with Crippen LogP contribution in [0.15, 0.2) is 59.5 Å². The van der Waals surface area contributed by atoms with Gasteiger partial charge in [-0.15, -0.1) is 11.3 Å². The number of ether oxygens (including phenoxy) is 1. The van der Waals surface area contributed by atoms with Gasteiger partial charge in [0.15, 0.2) is 0 Å². The van der Waals surface area contributed by atoms with Crippen LogP contribution in [-0.4, -0.2) is 22.9 Å². The highest BCUT2D eigenvalue weighted by Crippen LogP contribution is 2.44. The molecule has 0 spiro atoms. The minimum Gasteiger partial charge on any atom is -0.507 e. The molecule has 33 heavy (non-hydrogen) atoms. The number of nitrogens with zero attached hydrogens (tertiary/aromatic N) is 1. The van der Waals surface area contributed by atoms with Gasteiger partial charge in [-0.25, -0.2) is 0 Å². The fraction of sp³-hybridized carbons (Fsp3) is 0.259. The van der Waals surface area contributed by atoms with E-state index in [0.717, 1.165) is 21.6 Å². The predicted molar refractivity (Wildman–Crippen MR) is 132 cm³/mol. The number of Topliss-reactive ketones (excluding diaryl/α,β-unsaturated/α-hetero) is 1. The molecule has 0 aliphatic carbocycles. The Kier molecular flexibility index (Phi) is 6.13. The molecule has 5 nitrogen and oxygen atoms in total. The van der Waals surface area contributed by atoms with Crippen molar-refractivity contribution in [2.24, 2.45) is 0 Å². The summed E-state index contributed by atoms with van der Waals surface area (Å²) in [5, 5.41) is 13.2. The minimum atomic E-state index is -0.697. The summed E-state index contributed by atoms with van der Waals surface area (Å²) in [7, 11) is 0. The fourth-order valence-electron chi connectivity index (χ4n) is 4.13. The standard InChI is InChI=1S/C27H27NO4S/c1-15(2)32-21-12-11-19(14-17(21)4)25(29)23-24(22-10-7-13-33-22)28(27(31)26(23)30)20-9-6-8-16(3)18(20)5/h6-15,24,29H,1-5H3/b25-23-. The maximum Gasteiger partial charge on any atom is 0.300 e. The quantitative estimate of drug-likeness (QED) is 0.284. The molecule has 1 saturated heterocycles. The fourth-order valence-corrected chi connectivity index (χ4v) is 4.96. The van der Waals surface area contributed by atoms with Crippen molar-refractivity contribution < 1.29 is 19.4 Å². The summed E-state index contributed by atoms with van der Waals surface area (Å²) < 4.78 is 5.80. The topological polar surface area (TPSA) is 66.8 Å². The summed E-state index contributed by atoms with van der Waals surface area (Å²) in [6, 6.07) is 14.0. The van der Waals surface area contributed by atoms with Crippen LogP contribution in [0.25, 0.3) is 5.76 Å². The maximum atomic E-state index is 13.3. The second-order valence-electron chi connectivity index (χ2n) is 8.55. The van der Waals surface area contributed by atoms with Crippen molar-refractivity contribution in [3.8, 4) is 5.75 Å². The van der Waals surface area contributed by atoms with Crippen LogP contribution < -0.4 is 9.64 Å². The van der Waals surface area contributed by atoms with Crippen LogP contribution in [0.4, 0.5) is 5.69 Å². The first-order chi connectivity index (χ1) is 15.7. The first-order valence-corrected chi connectivity index (χ1v) is 11.8. The lowest BCUT2D eigenvalue weighted by atomic mass is 9.98. The van der Waals surface area contributed by atoms with E-state index in [4.69, 9.17) is 4.74 Å². The average molecular weight is 462 g/mol. The molecule has 0 saturated carbocycles. The number of thiophene rings is 1. The molecule has 2 heterocycles. The normalized spacial score (nSPS) is 17.8. The number of benzene rings is 2. The monoisotopic (exact) mass is 461 g/mol. The van der Waals surface area contributed by atoms with Gasteiger partial charge in [-0.1, -0.05) is 18.2 Å². The van der Waals surface area contributed by atoms with Crippen LogP contribution in [0.3, 0.4) is 0 Å². The third-order valence-electron chi connectivity index (χ3n) is 5.90. The molecular formula is C27H27NO4S.